The minimum Gasteiger partial charge on any atom is -0.197 e. The summed E-state index contributed by atoms with van der Waals surface area (Å²) < 4.78 is 0. The fourth-order valence-electron chi connectivity index (χ4n) is 0.995. The second-order valence-electron chi connectivity index (χ2n) is 2.32. The lowest BCUT2D eigenvalue weighted by atomic mass is 10.2. The van der Waals surface area contributed by atoms with Gasteiger partial charge >= 0.3 is 0 Å². The van der Waals surface area contributed by atoms with E-state index in [-0.39, 0.29) is 0 Å². The number of nitrogens with one attached hydrogen (secondary N) is 1. The van der Waals surface area contributed by atoms with Crippen LogP contribution < -0.4 is 0 Å². The molecule has 0 bridgehead atoms. The van der Waals surface area contributed by atoms with Crippen LogP contribution in [0.15, 0.2) is 0 Å². The summed E-state index contributed by atoms with van der Waals surface area (Å²) in [5, 5.41) is 10.7. The first-order valence-electron chi connectivity index (χ1n) is 3.77. The molecule has 0 spiro atoms. The standard InChI is InChI=1S/C7H13N3/c1-3-5-7-6(4-2)8-10-9-7/h3-5H2,1-2H3,(H,8,9,10). The molecule has 0 unspecified atom stereocenters. The zero-order chi connectivity index (χ0) is 7.40. The highest BCUT2D eigenvalue weighted by Crippen LogP contribution is 2.03. The third-order valence-corrected chi connectivity index (χ3v) is 1.52. The van der Waals surface area contributed by atoms with Crippen LogP contribution in [0, 0.1) is 0 Å². The first-order chi connectivity index (χ1) is 4.88. The van der Waals surface area contributed by atoms with Crippen LogP contribution in [0.5, 0.6) is 0 Å². The van der Waals surface area contributed by atoms with E-state index in [1.165, 1.54) is 0 Å². The molecule has 3 nitrogen and oxygen atoms in total. The third-order valence-electron chi connectivity index (χ3n) is 1.52. The van der Waals surface area contributed by atoms with Crippen LogP contribution in [0.4, 0.5) is 0 Å². The summed E-state index contributed by atoms with van der Waals surface area (Å²) in [4.78, 5) is 0. The minimum absolute atomic E-state index is 0.978. The van der Waals surface area contributed by atoms with Gasteiger partial charge < -0.3 is 0 Å². The van der Waals surface area contributed by atoms with Crippen molar-refractivity contribution in [3.63, 3.8) is 0 Å². The van der Waals surface area contributed by atoms with Gasteiger partial charge in [0.15, 0.2) is 0 Å². The molecule has 10 heavy (non-hydrogen) atoms. The average molecular weight is 139 g/mol. The molecule has 0 aliphatic rings. The summed E-state index contributed by atoms with van der Waals surface area (Å²) in [6, 6.07) is 0. The maximum atomic E-state index is 4.04. The average Bonchev–Trinajstić information content (AvgIpc) is 2.36. The van der Waals surface area contributed by atoms with Crippen LogP contribution >= 0.6 is 0 Å². The van der Waals surface area contributed by atoms with Gasteiger partial charge in [0.05, 0.1) is 11.4 Å². The Morgan fingerprint density at radius 2 is 1.90 bits per heavy atom. The Morgan fingerprint density at radius 3 is 2.50 bits per heavy atom. The van der Waals surface area contributed by atoms with E-state index < -0.39 is 0 Å². The fraction of sp³-hybridized carbons (Fsp3) is 0.714. The Bertz CT molecular complexity index is 192. The van der Waals surface area contributed by atoms with Crippen LogP contribution in [0.2, 0.25) is 0 Å². The Morgan fingerprint density at radius 1 is 1.20 bits per heavy atom. The van der Waals surface area contributed by atoms with Gasteiger partial charge in [-0.2, -0.15) is 15.4 Å². The summed E-state index contributed by atoms with van der Waals surface area (Å²) in [6.45, 7) is 4.24. The van der Waals surface area contributed by atoms with Gasteiger partial charge in [0.25, 0.3) is 0 Å². The third kappa shape index (κ3) is 1.35. The highest BCUT2D eigenvalue weighted by atomic mass is 15.3. The monoisotopic (exact) mass is 139 g/mol. The van der Waals surface area contributed by atoms with Crippen LogP contribution in [0.1, 0.15) is 31.7 Å². The Labute approximate surface area is 60.8 Å². The van der Waals surface area contributed by atoms with E-state index in [1.54, 1.807) is 0 Å². The molecule has 0 aliphatic carbocycles. The number of H-pyrrole nitrogens is 1. The Hall–Kier alpha value is -0.860. The number of aromatic nitrogens is 3. The first-order valence-corrected chi connectivity index (χ1v) is 3.77. The van der Waals surface area contributed by atoms with E-state index in [1.807, 2.05) is 0 Å². The minimum atomic E-state index is 0.978. The predicted molar refractivity (Wildman–Crippen MR) is 39.8 cm³/mol. The molecule has 0 fully saturated rings. The predicted octanol–water partition coefficient (Wildman–Crippen LogP) is 1.32. The van der Waals surface area contributed by atoms with E-state index in [0.717, 1.165) is 30.7 Å². The second kappa shape index (κ2) is 3.34. The van der Waals surface area contributed by atoms with Gasteiger partial charge in [-0.15, -0.1) is 0 Å². The van der Waals surface area contributed by atoms with Gasteiger partial charge in [-0.3, -0.25) is 0 Å². The van der Waals surface area contributed by atoms with Gasteiger partial charge in [0.2, 0.25) is 0 Å². The van der Waals surface area contributed by atoms with Gasteiger partial charge in [-0.05, 0) is 12.8 Å². The molecular weight excluding hydrogens is 126 g/mol. The summed E-state index contributed by atoms with van der Waals surface area (Å²) in [7, 11) is 0. The highest BCUT2D eigenvalue weighted by Gasteiger charge is 2.02. The Balaban J connectivity index is 2.70. The van der Waals surface area contributed by atoms with Gasteiger partial charge in [-0.25, -0.2) is 0 Å². The molecule has 1 heterocycles. The first kappa shape index (κ1) is 7.25. The van der Waals surface area contributed by atoms with Crippen molar-refractivity contribution in [2.24, 2.45) is 0 Å². The normalized spacial score (nSPS) is 10.2. The molecule has 1 rings (SSSR count). The van der Waals surface area contributed by atoms with E-state index in [4.69, 9.17) is 0 Å². The summed E-state index contributed by atoms with van der Waals surface area (Å²) in [6.07, 6.45) is 3.16. The SMILES string of the molecule is CCCc1n[nH]nc1CC. The van der Waals surface area contributed by atoms with E-state index in [2.05, 4.69) is 29.3 Å². The van der Waals surface area contributed by atoms with E-state index >= 15 is 0 Å². The second-order valence-corrected chi connectivity index (χ2v) is 2.32. The largest absolute Gasteiger partial charge is 0.197 e. The molecule has 56 valence electrons. The highest BCUT2D eigenvalue weighted by molar-refractivity contribution is 5.07. The molecule has 0 aromatic carbocycles. The van der Waals surface area contributed by atoms with Crippen LogP contribution in [-0.4, -0.2) is 15.4 Å². The fourth-order valence-corrected chi connectivity index (χ4v) is 0.995. The number of hydrogen-bond acceptors (Lipinski definition) is 2. The number of hydrogen-bond donors (Lipinski definition) is 1. The quantitative estimate of drug-likeness (QED) is 0.686. The maximum Gasteiger partial charge on any atom is 0.0856 e. The number of aryl methyl sites for hydroxylation is 2. The van der Waals surface area contributed by atoms with Crippen molar-refractivity contribution in [1.82, 2.24) is 15.4 Å². The van der Waals surface area contributed by atoms with Crippen molar-refractivity contribution in [2.75, 3.05) is 0 Å². The Kier molecular flexibility index (Phi) is 2.42. The van der Waals surface area contributed by atoms with Crippen LogP contribution in [-0.2, 0) is 12.8 Å². The van der Waals surface area contributed by atoms with Gasteiger partial charge in [0.1, 0.15) is 0 Å². The lowest BCUT2D eigenvalue weighted by molar-refractivity contribution is 0.850. The van der Waals surface area contributed by atoms with Crippen molar-refractivity contribution >= 4 is 0 Å². The van der Waals surface area contributed by atoms with Gasteiger partial charge in [0, 0.05) is 0 Å². The number of nitrogens with zero attached hydrogens (tertiary/aromatic N) is 2. The van der Waals surface area contributed by atoms with Crippen molar-refractivity contribution in [3.05, 3.63) is 11.4 Å². The van der Waals surface area contributed by atoms with Crippen molar-refractivity contribution in [1.29, 1.82) is 0 Å². The van der Waals surface area contributed by atoms with Crippen molar-refractivity contribution in [2.45, 2.75) is 33.1 Å². The maximum absolute atomic E-state index is 4.04. The van der Waals surface area contributed by atoms with E-state index in [9.17, 15) is 0 Å². The molecule has 0 radical (unpaired) electrons. The topological polar surface area (TPSA) is 41.6 Å². The zero-order valence-corrected chi connectivity index (χ0v) is 6.52. The molecule has 0 saturated carbocycles. The van der Waals surface area contributed by atoms with Crippen molar-refractivity contribution < 1.29 is 0 Å². The summed E-state index contributed by atoms with van der Waals surface area (Å²) in [5.41, 5.74) is 2.24. The van der Waals surface area contributed by atoms with Crippen LogP contribution in [0.3, 0.4) is 0 Å². The molecular formula is C7H13N3. The zero-order valence-electron chi connectivity index (χ0n) is 6.52. The lowest BCUT2D eigenvalue weighted by Gasteiger charge is -1.91. The molecule has 0 amide bonds. The molecule has 0 atom stereocenters. The molecule has 1 aromatic heterocycles. The molecule has 0 saturated heterocycles. The molecule has 0 aliphatic heterocycles. The van der Waals surface area contributed by atoms with Gasteiger partial charge in [-0.1, -0.05) is 20.3 Å². The number of rotatable bonds is 3. The van der Waals surface area contributed by atoms with Crippen LogP contribution in [0.25, 0.3) is 0 Å². The summed E-state index contributed by atoms with van der Waals surface area (Å²) in [5.74, 6) is 0. The van der Waals surface area contributed by atoms with Crippen molar-refractivity contribution in [3.8, 4) is 0 Å². The molecule has 3 heteroatoms. The molecule has 1 N–H and O–H groups in total. The smallest absolute Gasteiger partial charge is 0.0856 e. The summed E-state index contributed by atoms with van der Waals surface area (Å²) >= 11 is 0. The number of aromatic amines is 1. The van der Waals surface area contributed by atoms with E-state index in [0.29, 0.717) is 0 Å². The lowest BCUT2D eigenvalue weighted by Crippen LogP contribution is -1.89. The molecule has 1 aromatic rings.